The van der Waals surface area contributed by atoms with Crippen molar-refractivity contribution in [2.24, 2.45) is 0 Å². The first-order chi connectivity index (χ1) is 11.9. The summed E-state index contributed by atoms with van der Waals surface area (Å²) in [7, 11) is -3.75. The number of sulfonamides is 1. The molecule has 6 nitrogen and oxygen atoms in total. The van der Waals surface area contributed by atoms with Gasteiger partial charge >= 0.3 is 0 Å². The van der Waals surface area contributed by atoms with Crippen LogP contribution in [0.1, 0.15) is 52.8 Å². The molecule has 2 aromatic rings. The fraction of sp³-hybridized carbons (Fsp3) is 0.412. The van der Waals surface area contributed by atoms with Gasteiger partial charge in [0.05, 0.1) is 5.75 Å². The van der Waals surface area contributed by atoms with Gasteiger partial charge in [-0.15, -0.1) is 11.3 Å². The molecule has 3 rings (SSSR count). The van der Waals surface area contributed by atoms with Gasteiger partial charge in [0.15, 0.2) is 0 Å². The minimum Gasteiger partial charge on any atom is -0.371 e. The van der Waals surface area contributed by atoms with Crippen LogP contribution in [0.2, 0.25) is 0 Å². The summed E-state index contributed by atoms with van der Waals surface area (Å²) in [5, 5.41) is 2.29. The number of nitrogens with zero attached hydrogens (tertiary/aromatic N) is 1. The Balaban J connectivity index is 1.63. The van der Waals surface area contributed by atoms with Gasteiger partial charge in [-0.1, -0.05) is 37.3 Å². The molecule has 0 saturated carbocycles. The maximum atomic E-state index is 12.3. The van der Waals surface area contributed by atoms with E-state index in [2.05, 4.69) is 9.71 Å². The summed E-state index contributed by atoms with van der Waals surface area (Å²) in [6, 6.07) is 9.34. The minimum absolute atomic E-state index is 0.0822. The second-order valence-corrected chi connectivity index (χ2v) is 8.75. The lowest BCUT2D eigenvalue weighted by Gasteiger charge is -2.12. The Morgan fingerprint density at radius 3 is 2.84 bits per heavy atom. The van der Waals surface area contributed by atoms with E-state index in [4.69, 9.17) is 4.74 Å². The van der Waals surface area contributed by atoms with E-state index in [0.29, 0.717) is 6.61 Å². The van der Waals surface area contributed by atoms with E-state index in [0.717, 1.165) is 23.4 Å². The van der Waals surface area contributed by atoms with Crippen molar-refractivity contribution in [2.45, 2.75) is 31.8 Å². The van der Waals surface area contributed by atoms with Gasteiger partial charge in [0.25, 0.3) is 5.91 Å². The summed E-state index contributed by atoms with van der Waals surface area (Å²) in [5.74, 6) is -1.07. The average Bonchev–Trinajstić information content (AvgIpc) is 3.26. The van der Waals surface area contributed by atoms with Crippen LogP contribution in [0.15, 0.2) is 35.7 Å². The number of ether oxygens (including phenoxy) is 1. The molecule has 0 radical (unpaired) electrons. The topological polar surface area (TPSA) is 85.4 Å². The minimum atomic E-state index is -3.75. The highest BCUT2D eigenvalue weighted by Gasteiger charge is 2.25. The maximum absolute atomic E-state index is 12.3. The van der Waals surface area contributed by atoms with Crippen molar-refractivity contribution in [3.05, 3.63) is 52.0 Å². The highest BCUT2D eigenvalue weighted by Crippen LogP contribution is 2.30. The summed E-state index contributed by atoms with van der Waals surface area (Å²) in [6.07, 6.45) is 1.76. The standard InChI is InChI=1S/C17H20N2O4S2/c1-12(13-6-3-2-4-7-13)11-25(21,22)19-16(20)14-10-24-17(18-14)15-8-5-9-23-15/h2-4,6-7,10,12,15H,5,8-9,11H2,1H3,(H,19,20)/t12-,15-/m1/s1. The van der Waals surface area contributed by atoms with Crippen LogP contribution in [0.4, 0.5) is 0 Å². The van der Waals surface area contributed by atoms with Gasteiger partial charge in [-0.25, -0.2) is 18.1 Å². The number of benzene rings is 1. The van der Waals surface area contributed by atoms with Crippen LogP contribution in [-0.2, 0) is 14.8 Å². The number of hydrogen-bond acceptors (Lipinski definition) is 6. The molecule has 134 valence electrons. The lowest BCUT2D eigenvalue weighted by atomic mass is 10.0. The van der Waals surface area contributed by atoms with Crippen LogP contribution in [0, 0.1) is 0 Å². The Morgan fingerprint density at radius 2 is 2.16 bits per heavy atom. The Kier molecular flexibility index (Phi) is 5.51. The van der Waals surface area contributed by atoms with E-state index < -0.39 is 15.9 Å². The smallest absolute Gasteiger partial charge is 0.284 e. The molecule has 1 aliphatic heterocycles. The molecule has 2 atom stereocenters. The number of rotatable bonds is 6. The Morgan fingerprint density at radius 1 is 1.40 bits per heavy atom. The van der Waals surface area contributed by atoms with Crippen LogP contribution in [0.3, 0.4) is 0 Å². The molecule has 0 bridgehead atoms. The molecule has 1 saturated heterocycles. The lowest BCUT2D eigenvalue weighted by Crippen LogP contribution is -2.34. The van der Waals surface area contributed by atoms with Crippen molar-refractivity contribution < 1.29 is 17.9 Å². The summed E-state index contributed by atoms with van der Waals surface area (Å²) in [4.78, 5) is 16.5. The zero-order chi connectivity index (χ0) is 17.9. The van der Waals surface area contributed by atoms with Crippen LogP contribution >= 0.6 is 11.3 Å². The van der Waals surface area contributed by atoms with Crippen molar-refractivity contribution >= 4 is 27.3 Å². The van der Waals surface area contributed by atoms with Crippen molar-refractivity contribution in [1.82, 2.24) is 9.71 Å². The SMILES string of the molecule is C[C@H](CS(=O)(=O)NC(=O)c1csc([C@H]2CCCO2)n1)c1ccccc1. The maximum Gasteiger partial charge on any atom is 0.284 e. The van der Waals surface area contributed by atoms with Gasteiger partial charge < -0.3 is 4.74 Å². The van der Waals surface area contributed by atoms with Gasteiger partial charge in [0, 0.05) is 12.0 Å². The summed E-state index contributed by atoms with van der Waals surface area (Å²) in [6.45, 7) is 2.51. The predicted molar refractivity (Wildman–Crippen MR) is 96.2 cm³/mol. The number of hydrogen-bond donors (Lipinski definition) is 1. The third-order valence-corrected chi connectivity index (χ3v) is 6.42. The molecule has 25 heavy (non-hydrogen) atoms. The number of carbonyl (C=O) groups excluding carboxylic acids is 1. The first-order valence-electron chi connectivity index (χ1n) is 8.11. The quantitative estimate of drug-likeness (QED) is 0.833. The molecule has 0 unspecified atom stereocenters. The Labute approximate surface area is 151 Å². The van der Waals surface area contributed by atoms with Gasteiger partial charge in [-0.2, -0.15) is 0 Å². The van der Waals surface area contributed by atoms with Crippen LogP contribution in [0.25, 0.3) is 0 Å². The molecule has 1 fully saturated rings. The molecule has 1 aromatic carbocycles. The number of carbonyl (C=O) groups is 1. The summed E-state index contributed by atoms with van der Waals surface area (Å²) in [5.41, 5.74) is 1.03. The zero-order valence-corrected chi connectivity index (χ0v) is 15.5. The zero-order valence-electron chi connectivity index (χ0n) is 13.8. The molecule has 2 heterocycles. The Hall–Kier alpha value is -1.77. The third kappa shape index (κ3) is 4.65. The molecule has 1 aromatic heterocycles. The summed E-state index contributed by atoms with van der Waals surface area (Å²) >= 11 is 1.32. The predicted octanol–water partition coefficient (Wildman–Crippen LogP) is 2.86. The van der Waals surface area contributed by atoms with E-state index in [-0.39, 0.29) is 23.5 Å². The first kappa shape index (κ1) is 18.0. The molecule has 1 amide bonds. The molecule has 1 N–H and O–H groups in total. The van der Waals surface area contributed by atoms with Gasteiger partial charge in [0.2, 0.25) is 10.0 Å². The highest BCUT2D eigenvalue weighted by molar-refractivity contribution is 7.90. The largest absolute Gasteiger partial charge is 0.371 e. The molecular formula is C17H20N2O4S2. The second kappa shape index (κ2) is 7.63. The number of aromatic nitrogens is 1. The van der Waals surface area contributed by atoms with Crippen LogP contribution < -0.4 is 4.72 Å². The van der Waals surface area contributed by atoms with Gasteiger partial charge in [-0.05, 0) is 24.3 Å². The van der Waals surface area contributed by atoms with Crippen LogP contribution in [0.5, 0.6) is 0 Å². The highest BCUT2D eigenvalue weighted by atomic mass is 32.2. The number of amides is 1. The van der Waals surface area contributed by atoms with E-state index >= 15 is 0 Å². The normalized spacial score (nSPS) is 18.8. The fourth-order valence-corrected chi connectivity index (χ4v) is 4.96. The van der Waals surface area contributed by atoms with E-state index in [1.807, 2.05) is 37.3 Å². The summed E-state index contributed by atoms with van der Waals surface area (Å²) < 4.78 is 32.2. The molecule has 0 aliphatic carbocycles. The second-order valence-electron chi connectivity index (χ2n) is 6.10. The van der Waals surface area contributed by atoms with Crippen molar-refractivity contribution in [1.29, 1.82) is 0 Å². The van der Waals surface area contributed by atoms with Crippen molar-refractivity contribution in [3.63, 3.8) is 0 Å². The monoisotopic (exact) mass is 380 g/mol. The van der Waals surface area contributed by atoms with Crippen molar-refractivity contribution in [2.75, 3.05) is 12.4 Å². The lowest BCUT2D eigenvalue weighted by molar-refractivity contribution is 0.0973. The van der Waals surface area contributed by atoms with Gasteiger partial charge in [-0.3, -0.25) is 4.79 Å². The molecule has 0 spiro atoms. The van der Waals surface area contributed by atoms with Gasteiger partial charge in [0.1, 0.15) is 16.8 Å². The average molecular weight is 380 g/mol. The number of thiazole rings is 1. The molecule has 1 aliphatic rings. The van der Waals surface area contributed by atoms with Crippen LogP contribution in [-0.4, -0.2) is 31.7 Å². The molecule has 8 heteroatoms. The first-order valence-corrected chi connectivity index (χ1v) is 10.6. The number of nitrogens with one attached hydrogen (secondary N) is 1. The van der Waals surface area contributed by atoms with E-state index in [1.54, 1.807) is 5.38 Å². The molecular weight excluding hydrogens is 360 g/mol. The van der Waals surface area contributed by atoms with E-state index in [9.17, 15) is 13.2 Å². The van der Waals surface area contributed by atoms with Crippen molar-refractivity contribution in [3.8, 4) is 0 Å². The van der Waals surface area contributed by atoms with E-state index in [1.165, 1.54) is 11.3 Å². The Bertz CT molecular complexity index is 827. The third-order valence-electron chi connectivity index (χ3n) is 4.05. The fourth-order valence-electron chi connectivity index (χ4n) is 2.75.